The quantitative estimate of drug-likeness (QED) is 0.891. The van der Waals surface area contributed by atoms with Crippen molar-refractivity contribution in [3.05, 3.63) is 34.4 Å². The number of benzene rings is 1. The van der Waals surface area contributed by atoms with E-state index in [1.807, 2.05) is 32.9 Å². The third kappa shape index (κ3) is 3.95. The average Bonchev–Trinajstić information content (AvgIpc) is 3.07. The van der Waals surface area contributed by atoms with Gasteiger partial charge >= 0.3 is 0 Å². The van der Waals surface area contributed by atoms with E-state index in [1.165, 1.54) is 18.4 Å². The number of halogens is 1. The lowest BCUT2D eigenvalue weighted by molar-refractivity contribution is 0.0949. The first-order chi connectivity index (χ1) is 8.49. The zero-order valence-electron chi connectivity index (χ0n) is 11.8. The first-order valence-corrected chi connectivity index (χ1v) is 6.60. The van der Waals surface area contributed by atoms with E-state index in [2.05, 4.69) is 5.32 Å². The third-order valence-corrected chi connectivity index (χ3v) is 3.63. The highest BCUT2D eigenvalue weighted by molar-refractivity contribution is 5.97. The molecule has 1 amide bonds. The second-order valence-electron chi connectivity index (χ2n) is 5.49. The Labute approximate surface area is 121 Å². The molecule has 0 aromatic heterocycles. The third-order valence-electron chi connectivity index (χ3n) is 3.63. The minimum atomic E-state index is 0. The monoisotopic (exact) mass is 282 g/mol. The van der Waals surface area contributed by atoms with Gasteiger partial charge in [-0.3, -0.25) is 4.79 Å². The molecule has 1 aliphatic rings. The van der Waals surface area contributed by atoms with Gasteiger partial charge in [0.15, 0.2) is 0 Å². The summed E-state index contributed by atoms with van der Waals surface area (Å²) in [6.07, 6.45) is 2.42. The van der Waals surface area contributed by atoms with Crippen molar-refractivity contribution < 1.29 is 4.79 Å². The van der Waals surface area contributed by atoms with Crippen LogP contribution in [0.15, 0.2) is 12.1 Å². The van der Waals surface area contributed by atoms with Crippen LogP contribution < -0.4 is 11.1 Å². The van der Waals surface area contributed by atoms with E-state index in [4.69, 9.17) is 5.73 Å². The molecule has 1 atom stereocenters. The Bertz CT molecular complexity index is 446. The number of nitrogens with one attached hydrogen (secondary N) is 1. The molecule has 2 rings (SSSR count). The molecular weight excluding hydrogens is 260 g/mol. The van der Waals surface area contributed by atoms with Crippen molar-refractivity contribution in [2.75, 3.05) is 6.54 Å². The van der Waals surface area contributed by atoms with Crippen molar-refractivity contribution in [1.29, 1.82) is 0 Å². The number of nitrogens with two attached hydrogens (primary N) is 1. The maximum absolute atomic E-state index is 12.2. The van der Waals surface area contributed by atoms with Gasteiger partial charge in [-0.15, -0.1) is 12.4 Å². The Morgan fingerprint density at radius 2 is 1.84 bits per heavy atom. The van der Waals surface area contributed by atoms with Crippen LogP contribution in [0, 0.1) is 26.7 Å². The van der Waals surface area contributed by atoms with Crippen molar-refractivity contribution in [2.45, 2.75) is 39.7 Å². The topological polar surface area (TPSA) is 55.1 Å². The van der Waals surface area contributed by atoms with Crippen molar-refractivity contribution in [3.63, 3.8) is 0 Å². The molecule has 19 heavy (non-hydrogen) atoms. The van der Waals surface area contributed by atoms with Gasteiger partial charge in [0.2, 0.25) is 0 Å². The van der Waals surface area contributed by atoms with Crippen LogP contribution in [0.4, 0.5) is 0 Å². The first-order valence-electron chi connectivity index (χ1n) is 6.60. The molecule has 0 aliphatic heterocycles. The second kappa shape index (κ2) is 6.40. The fourth-order valence-corrected chi connectivity index (χ4v) is 2.53. The number of rotatable bonds is 4. The molecule has 4 heteroatoms. The van der Waals surface area contributed by atoms with Gasteiger partial charge in [-0.05, 0) is 50.7 Å². The summed E-state index contributed by atoms with van der Waals surface area (Å²) in [4.78, 5) is 12.2. The zero-order chi connectivity index (χ0) is 13.3. The van der Waals surface area contributed by atoms with Crippen molar-refractivity contribution in [1.82, 2.24) is 5.32 Å². The lowest BCUT2D eigenvalue weighted by Crippen LogP contribution is -2.39. The molecular formula is C15H23ClN2O. The summed E-state index contributed by atoms with van der Waals surface area (Å²) in [6, 6.07) is 4.20. The van der Waals surface area contributed by atoms with Gasteiger partial charge in [-0.1, -0.05) is 17.7 Å². The maximum atomic E-state index is 12.2. The largest absolute Gasteiger partial charge is 0.350 e. The van der Waals surface area contributed by atoms with E-state index in [1.54, 1.807) is 0 Å². The SMILES string of the molecule is Cc1cc(C)c(C(=O)NCC(N)C2CC2)c(C)c1.Cl. The second-order valence-corrected chi connectivity index (χ2v) is 5.49. The Morgan fingerprint density at radius 3 is 2.32 bits per heavy atom. The Morgan fingerprint density at radius 1 is 1.32 bits per heavy atom. The van der Waals surface area contributed by atoms with Gasteiger partial charge in [0.05, 0.1) is 0 Å². The summed E-state index contributed by atoms with van der Waals surface area (Å²) in [5.74, 6) is 0.617. The van der Waals surface area contributed by atoms with Crippen LogP contribution in [-0.4, -0.2) is 18.5 Å². The van der Waals surface area contributed by atoms with Crippen LogP contribution in [0.5, 0.6) is 0 Å². The normalized spacial score (nSPS) is 15.6. The summed E-state index contributed by atoms with van der Waals surface area (Å²) in [5, 5.41) is 2.96. The van der Waals surface area contributed by atoms with Gasteiger partial charge in [0.1, 0.15) is 0 Å². The molecule has 1 unspecified atom stereocenters. The minimum Gasteiger partial charge on any atom is -0.350 e. The van der Waals surface area contributed by atoms with Gasteiger partial charge < -0.3 is 11.1 Å². The number of carbonyl (C=O) groups is 1. The lowest BCUT2D eigenvalue weighted by atomic mass is 9.99. The molecule has 3 nitrogen and oxygen atoms in total. The smallest absolute Gasteiger partial charge is 0.251 e. The zero-order valence-corrected chi connectivity index (χ0v) is 12.6. The van der Waals surface area contributed by atoms with Crippen LogP contribution in [0.3, 0.4) is 0 Å². The van der Waals surface area contributed by atoms with Crippen LogP contribution in [0.1, 0.15) is 39.9 Å². The Kier molecular flexibility index (Phi) is 5.39. The van der Waals surface area contributed by atoms with Crippen molar-refractivity contribution >= 4 is 18.3 Å². The molecule has 1 fully saturated rings. The molecule has 0 spiro atoms. The van der Waals surface area contributed by atoms with Gasteiger partial charge in [0, 0.05) is 18.2 Å². The Hall–Kier alpha value is -1.06. The summed E-state index contributed by atoms with van der Waals surface area (Å²) in [7, 11) is 0. The first kappa shape index (κ1) is 16.0. The molecule has 1 aliphatic carbocycles. The minimum absolute atomic E-state index is 0. The van der Waals surface area contributed by atoms with E-state index in [0.29, 0.717) is 12.5 Å². The molecule has 106 valence electrons. The maximum Gasteiger partial charge on any atom is 0.251 e. The summed E-state index contributed by atoms with van der Waals surface area (Å²) < 4.78 is 0. The number of carbonyl (C=O) groups excluding carboxylic acids is 1. The summed E-state index contributed by atoms with van der Waals surface area (Å²) in [6.45, 7) is 6.59. The van der Waals surface area contributed by atoms with Gasteiger partial charge in [-0.25, -0.2) is 0 Å². The molecule has 1 aromatic rings. The number of hydrogen-bond donors (Lipinski definition) is 2. The van der Waals surface area contributed by atoms with Gasteiger partial charge in [-0.2, -0.15) is 0 Å². The molecule has 0 bridgehead atoms. The highest BCUT2D eigenvalue weighted by Gasteiger charge is 2.28. The van der Waals surface area contributed by atoms with E-state index >= 15 is 0 Å². The molecule has 0 saturated heterocycles. The van der Waals surface area contributed by atoms with Crippen molar-refractivity contribution in [2.24, 2.45) is 11.7 Å². The fourth-order valence-electron chi connectivity index (χ4n) is 2.53. The molecule has 1 aromatic carbocycles. The number of hydrogen-bond acceptors (Lipinski definition) is 2. The molecule has 0 heterocycles. The average molecular weight is 283 g/mol. The van der Waals surface area contributed by atoms with Gasteiger partial charge in [0.25, 0.3) is 5.91 Å². The summed E-state index contributed by atoms with van der Waals surface area (Å²) in [5.41, 5.74) is 10.0. The predicted molar refractivity (Wildman–Crippen MR) is 80.9 cm³/mol. The molecule has 1 saturated carbocycles. The van der Waals surface area contributed by atoms with E-state index in [0.717, 1.165) is 16.7 Å². The van der Waals surface area contributed by atoms with Crippen LogP contribution in [-0.2, 0) is 0 Å². The number of amides is 1. The van der Waals surface area contributed by atoms with Crippen molar-refractivity contribution in [3.8, 4) is 0 Å². The van der Waals surface area contributed by atoms with E-state index < -0.39 is 0 Å². The fraction of sp³-hybridized carbons (Fsp3) is 0.533. The summed E-state index contributed by atoms with van der Waals surface area (Å²) >= 11 is 0. The van der Waals surface area contributed by atoms with Crippen LogP contribution >= 0.6 is 12.4 Å². The number of aryl methyl sites for hydroxylation is 3. The van der Waals surface area contributed by atoms with E-state index in [9.17, 15) is 4.79 Å². The highest BCUT2D eigenvalue weighted by Crippen LogP contribution is 2.31. The van der Waals surface area contributed by atoms with Crippen LogP contribution in [0.25, 0.3) is 0 Å². The molecule has 3 N–H and O–H groups in total. The lowest BCUT2D eigenvalue weighted by Gasteiger charge is -2.14. The predicted octanol–water partition coefficient (Wildman–Crippen LogP) is 2.50. The Balaban J connectivity index is 0.00000180. The van der Waals surface area contributed by atoms with Crippen LogP contribution in [0.2, 0.25) is 0 Å². The van der Waals surface area contributed by atoms with E-state index in [-0.39, 0.29) is 24.4 Å². The highest BCUT2D eigenvalue weighted by atomic mass is 35.5. The standard InChI is InChI=1S/C15H22N2O.ClH/c1-9-6-10(2)14(11(3)7-9)15(18)17-8-13(16)12-4-5-12;/h6-7,12-13H,4-5,8,16H2,1-3H3,(H,17,18);1H. The molecule has 0 radical (unpaired) electrons.